The van der Waals surface area contributed by atoms with Crippen LogP contribution in [0.5, 0.6) is 11.5 Å². The van der Waals surface area contributed by atoms with Gasteiger partial charge in [-0.15, -0.1) is 0 Å². The normalized spacial score (nSPS) is 10.9. The second-order valence-electron chi connectivity index (χ2n) is 5.29. The van der Waals surface area contributed by atoms with Crippen LogP contribution in [0.2, 0.25) is 0 Å². The van der Waals surface area contributed by atoms with Crippen LogP contribution in [0.1, 0.15) is 24.5 Å². The molecule has 128 valence electrons. The summed E-state index contributed by atoms with van der Waals surface area (Å²) in [7, 11) is 1.66. The van der Waals surface area contributed by atoms with Crippen LogP contribution < -0.4 is 9.47 Å². The maximum Gasteiger partial charge on any atom is 0.119 e. The van der Waals surface area contributed by atoms with E-state index >= 15 is 0 Å². The molecule has 0 aliphatic rings. The number of benzene rings is 2. The minimum absolute atomic E-state index is 0.537. The molecule has 24 heavy (non-hydrogen) atoms. The molecule has 0 fully saturated rings. The second kappa shape index (κ2) is 10.4. The lowest BCUT2D eigenvalue weighted by molar-refractivity contribution is 0.146. The Morgan fingerprint density at radius 3 is 2.33 bits per heavy atom. The van der Waals surface area contributed by atoms with Crippen molar-refractivity contribution in [2.75, 3.05) is 26.9 Å². The Kier molecular flexibility index (Phi) is 7.84. The van der Waals surface area contributed by atoms with E-state index < -0.39 is 0 Å². The molecule has 0 atom stereocenters. The lowest BCUT2D eigenvalue weighted by Gasteiger charge is -2.07. The van der Waals surface area contributed by atoms with Crippen molar-refractivity contribution in [2.45, 2.75) is 20.0 Å². The summed E-state index contributed by atoms with van der Waals surface area (Å²) in [5, 5.41) is 0. The number of hydrogen-bond donors (Lipinski definition) is 0. The molecule has 0 saturated carbocycles. The van der Waals surface area contributed by atoms with Crippen LogP contribution in [0.4, 0.5) is 0 Å². The molecule has 2 aromatic rings. The molecule has 0 aliphatic heterocycles. The van der Waals surface area contributed by atoms with Crippen LogP contribution in [0.3, 0.4) is 0 Å². The molecule has 0 N–H and O–H groups in total. The van der Waals surface area contributed by atoms with Gasteiger partial charge >= 0.3 is 0 Å². The van der Waals surface area contributed by atoms with E-state index in [0.29, 0.717) is 6.61 Å². The predicted octanol–water partition coefficient (Wildman–Crippen LogP) is 4.12. The maximum atomic E-state index is 5.79. The predicted molar refractivity (Wildman–Crippen MR) is 97.3 cm³/mol. The van der Waals surface area contributed by atoms with Gasteiger partial charge in [0.2, 0.25) is 0 Å². The summed E-state index contributed by atoms with van der Waals surface area (Å²) >= 11 is 0. The average molecular weight is 327 g/mol. The summed E-state index contributed by atoms with van der Waals surface area (Å²) in [6.07, 6.45) is 2.84. The largest absolute Gasteiger partial charge is 0.497 e. The molecule has 4 heteroatoms. The molecule has 0 unspecified atom stereocenters. The Hall–Kier alpha value is -2.33. The molecule has 0 saturated heterocycles. The zero-order valence-corrected chi connectivity index (χ0v) is 14.4. The van der Waals surface area contributed by atoms with Crippen molar-refractivity contribution in [2.24, 2.45) is 4.99 Å². The van der Waals surface area contributed by atoms with Gasteiger partial charge in [0.25, 0.3) is 0 Å². The van der Waals surface area contributed by atoms with Gasteiger partial charge in [0.05, 0.1) is 7.11 Å². The van der Waals surface area contributed by atoms with Crippen molar-refractivity contribution in [1.29, 1.82) is 0 Å². The Morgan fingerprint density at radius 2 is 1.67 bits per heavy atom. The van der Waals surface area contributed by atoms with Crippen LogP contribution in [0.25, 0.3) is 0 Å². The summed E-state index contributed by atoms with van der Waals surface area (Å²) in [4.78, 5) is 4.40. The molecule has 0 aromatic heterocycles. The van der Waals surface area contributed by atoms with E-state index in [1.807, 2.05) is 61.7 Å². The fourth-order valence-electron chi connectivity index (χ4n) is 2.11. The van der Waals surface area contributed by atoms with Crippen molar-refractivity contribution in [1.82, 2.24) is 0 Å². The molecule has 2 aromatic carbocycles. The zero-order chi connectivity index (χ0) is 17.0. The minimum Gasteiger partial charge on any atom is -0.497 e. The topological polar surface area (TPSA) is 40.0 Å². The number of aliphatic imine (C=N–C) groups is 1. The summed E-state index contributed by atoms with van der Waals surface area (Å²) in [5.41, 5.74) is 2.18. The Morgan fingerprint density at radius 1 is 0.958 bits per heavy atom. The van der Waals surface area contributed by atoms with Gasteiger partial charge in [-0.1, -0.05) is 12.1 Å². The van der Waals surface area contributed by atoms with Gasteiger partial charge in [0.1, 0.15) is 18.1 Å². The first-order valence-electron chi connectivity index (χ1n) is 8.25. The van der Waals surface area contributed by atoms with Crippen molar-refractivity contribution < 1.29 is 14.2 Å². The molecule has 2 rings (SSSR count). The lowest BCUT2D eigenvalue weighted by atomic mass is 10.2. The summed E-state index contributed by atoms with van der Waals surface area (Å²) in [6.45, 7) is 4.86. The third-order valence-corrected chi connectivity index (χ3v) is 3.47. The molecule has 4 nitrogen and oxygen atoms in total. The van der Waals surface area contributed by atoms with E-state index in [4.69, 9.17) is 14.2 Å². The zero-order valence-electron chi connectivity index (χ0n) is 14.4. The van der Waals surface area contributed by atoms with Gasteiger partial charge in [0, 0.05) is 26.0 Å². The highest BCUT2D eigenvalue weighted by atomic mass is 16.5. The van der Waals surface area contributed by atoms with Crippen LogP contribution in [-0.4, -0.2) is 33.1 Å². The molecule has 0 radical (unpaired) electrons. The summed E-state index contributed by atoms with van der Waals surface area (Å²) in [5.74, 6) is 1.70. The highest BCUT2D eigenvalue weighted by Gasteiger charge is 1.97. The highest BCUT2D eigenvalue weighted by molar-refractivity contribution is 5.79. The molecule has 0 bridgehead atoms. The molecular formula is C20H25NO3. The van der Waals surface area contributed by atoms with Crippen LogP contribution in [0.15, 0.2) is 53.5 Å². The van der Waals surface area contributed by atoms with Gasteiger partial charge < -0.3 is 14.2 Å². The van der Waals surface area contributed by atoms with E-state index in [2.05, 4.69) is 4.99 Å². The molecule has 0 heterocycles. The Labute approximate surface area is 144 Å². The number of nitrogens with zero attached hydrogens (tertiary/aromatic N) is 1. The standard InChI is InChI=1S/C20H25NO3/c1-3-23-14-4-13-21-15-17-5-11-20(12-6-17)24-16-18-7-9-19(22-2)10-8-18/h5-12,15H,3-4,13-14,16H2,1-2H3/b21-15+. The highest BCUT2D eigenvalue weighted by Crippen LogP contribution is 2.16. The monoisotopic (exact) mass is 327 g/mol. The average Bonchev–Trinajstić information content (AvgIpc) is 2.64. The van der Waals surface area contributed by atoms with Gasteiger partial charge in [-0.3, -0.25) is 4.99 Å². The van der Waals surface area contributed by atoms with E-state index in [1.54, 1.807) is 7.11 Å². The van der Waals surface area contributed by atoms with E-state index in [-0.39, 0.29) is 0 Å². The number of ether oxygens (including phenoxy) is 3. The molecule has 0 spiro atoms. The van der Waals surface area contributed by atoms with Gasteiger partial charge in [-0.25, -0.2) is 0 Å². The van der Waals surface area contributed by atoms with E-state index in [0.717, 1.165) is 48.8 Å². The summed E-state index contributed by atoms with van der Waals surface area (Å²) in [6, 6.07) is 15.8. The van der Waals surface area contributed by atoms with Crippen LogP contribution in [0, 0.1) is 0 Å². The first-order chi connectivity index (χ1) is 11.8. The number of rotatable bonds is 10. The van der Waals surface area contributed by atoms with Gasteiger partial charge in [-0.2, -0.15) is 0 Å². The quantitative estimate of drug-likeness (QED) is 0.487. The fraction of sp³-hybridized carbons (Fsp3) is 0.350. The molecular weight excluding hydrogens is 302 g/mol. The third-order valence-electron chi connectivity index (χ3n) is 3.47. The van der Waals surface area contributed by atoms with Crippen LogP contribution >= 0.6 is 0 Å². The second-order valence-corrected chi connectivity index (χ2v) is 5.29. The minimum atomic E-state index is 0.537. The van der Waals surface area contributed by atoms with Crippen LogP contribution in [-0.2, 0) is 11.3 Å². The van der Waals surface area contributed by atoms with Crippen molar-refractivity contribution >= 4 is 6.21 Å². The lowest BCUT2D eigenvalue weighted by Crippen LogP contribution is -1.96. The molecule has 0 amide bonds. The van der Waals surface area contributed by atoms with E-state index in [1.165, 1.54) is 0 Å². The van der Waals surface area contributed by atoms with Gasteiger partial charge in [-0.05, 0) is 60.9 Å². The van der Waals surface area contributed by atoms with Crippen molar-refractivity contribution in [3.63, 3.8) is 0 Å². The summed E-state index contributed by atoms with van der Waals surface area (Å²) < 4.78 is 16.2. The van der Waals surface area contributed by atoms with E-state index in [9.17, 15) is 0 Å². The van der Waals surface area contributed by atoms with Gasteiger partial charge in [0.15, 0.2) is 0 Å². The van der Waals surface area contributed by atoms with Crippen molar-refractivity contribution in [3.05, 3.63) is 59.7 Å². The molecule has 0 aliphatic carbocycles. The first kappa shape index (κ1) is 18.0. The third kappa shape index (κ3) is 6.42. The maximum absolute atomic E-state index is 5.79. The number of methoxy groups -OCH3 is 1. The van der Waals surface area contributed by atoms with Crippen molar-refractivity contribution in [3.8, 4) is 11.5 Å². The first-order valence-corrected chi connectivity index (χ1v) is 8.25. The SMILES string of the molecule is CCOCCC/N=C/c1ccc(OCc2ccc(OC)cc2)cc1. The number of hydrogen-bond acceptors (Lipinski definition) is 4. The smallest absolute Gasteiger partial charge is 0.119 e. The Bertz CT molecular complexity index is 606. The Balaban J connectivity index is 1.75. The fourth-order valence-corrected chi connectivity index (χ4v) is 2.11.